The van der Waals surface area contributed by atoms with Crippen molar-refractivity contribution in [3.8, 4) is 12.3 Å². The van der Waals surface area contributed by atoms with Crippen LogP contribution < -0.4 is 0 Å². The summed E-state index contributed by atoms with van der Waals surface area (Å²) in [4.78, 5) is 11.9. The first kappa shape index (κ1) is 16.2. The van der Waals surface area contributed by atoms with E-state index < -0.39 is 5.60 Å². The molecule has 0 aliphatic heterocycles. The molecule has 0 amide bonds. The average Bonchev–Trinajstić information content (AvgIpc) is 2.86. The van der Waals surface area contributed by atoms with E-state index >= 15 is 0 Å². The van der Waals surface area contributed by atoms with Crippen LogP contribution in [0.15, 0.2) is 23.3 Å². The Balaban J connectivity index is 1.80. The molecule has 4 aliphatic carbocycles. The van der Waals surface area contributed by atoms with Crippen LogP contribution in [0.3, 0.4) is 0 Å². The molecule has 5 atom stereocenters. The summed E-state index contributed by atoms with van der Waals surface area (Å²) in [6, 6.07) is 0. The van der Waals surface area contributed by atoms with Gasteiger partial charge in [-0.25, -0.2) is 0 Å². The Bertz CT molecular complexity index is 693. The number of aliphatic hydroxyl groups is 1. The van der Waals surface area contributed by atoms with Gasteiger partial charge in [0.2, 0.25) is 0 Å². The summed E-state index contributed by atoms with van der Waals surface area (Å²) >= 11 is 0. The molecule has 0 radical (unpaired) electrons. The fourth-order valence-corrected chi connectivity index (χ4v) is 6.48. The number of rotatable bonds is 1. The third-order valence-corrected chi connectivity index (χ3v) is 8.06. The standard InChI is InChI=1S/C22H28O2/c1-4-21-12-8-16(23)14-15(21)6-7-17-18-10-13-22(24,5-2)20(18,3)11-9-19(17)21/h1,9,14,17-18,24H,5-8,10-13H2,2-3H3/t17-,18-,20-,21-,22-/m0/s1. The van der Waals surface area contributed by atoms with E-state index in [4.69, 9.17) is 6.42 Å². The van der Waals surface area contributed by atoms with E-state index in [-0.39, 0.29) is 16.6 Å². The number of hydrogen-bond acceptors (Lipinski definition) is 2. The lowest BCUT2D eigenvalue weighted by Gasteiger charge is -2.54. The number of carbonyl (C=O) groups excluding carboxylic acids is 1. The zero-order valence-corrected chi connectivity index (χ0v) is 14.9. The summed E-state index contributed by atoms with van der Waals surface area (Å²) in [6.07, 6.45) is 17.4. The van der Waals surface area contributed by atoms with Crippen molar-refractivity contribution in [1.29, 1.82) is 0 Å². The average molecular weight is 324 g/mol. The lowest BCUT2D eigenvalue weighted by molar-refractivity contribution is -0.115. The normalized spacial score (nSPS) is 47.0. The largest absolute Gasteiger partial charge is 0.389 e. The number of allylic oxidation sites excluding steroid dienone is 4. The van der Waals surface area contributed by atoms with Gasteiger partial charge in [-0.1, -0.05) is 25.8 Å². The summed E-state index contributed by atoms with van der Waals surface area (Å²) in [5.74, 6) is 4.35. The van der Waals surface area contributed by atoms with Gasteiger partial charge in [-0.15, -0.1) is 6.42 Å². The fourth-order valence-electron chi connectivity index (χ4n) is 6.48. The lowest BCUT2D eigenvalue weighted by Crippen LogP contribution is -2.50. The molecule has 0 spiro atoms. The smallest absolute Gasteiger partial charge is 0.155 e. The highest BCUT2D eigenvalue weighted by Gasteiger charge is 2.61. The van der Waals surface area contributed by atoms with Crippen molar-refractivity contribution < 1.29 is 9.90 Å². The van der Waals surface area contributed by atoms with Gasteiger partial charge in [-0.2, -0.15) is 0 Å². The van der Waals surface area contributed by atoms with E-state index in [1.165, 1.54) is 11.1 Å². The number of carbonyl (C=O) groups is 1. The number of fused-ring (bicyclic) bond motifs is 5. The van der Waals surface area contributed by atoms with Crippen LogP contribution in [0.5, 0.6) is 0 Å². The Labute approximate surface area is 145 Å². The Kier molecular flexibility index (Phi) is 3.42. The van der Waals surface area contributed by atoms with Crippen LogP contribution in [0.1, 0.15) is 65.2 Å². The first-order valence-electron chi connectivity index (χ1n) is 9.55. The first-order valence-corrected chi connectivity index (χ1v) is 9.55. The maximum Gasteiger partial charge on any atom is 0.155 e. The molecule has 24 heavy (non-hydrogen) atoms. The SMILES string of the molecule is C#C[C@]12CCC(=O)C=C1CC[C@@H]1C2=CC[C@@]2(C)[C@H]1CC[C@@]2(O)CC. The Morgan fingerprint density at radius 2 is 2.12 bits per heavy atom. The van der Waals surface area contributed by atoms with Crippen molar-refractivity contribution in [2.45, 2.75) is 70.8 Å². The number of ketones is 1. The quantitative estimate of drug-likeness (QED) is 0.580. The minimum absolute atomic E-state index is 0.0303. The lowest BCUT2D eigenvalue weighted by atomic mass is 9.50. The maximum atomic E-state index is 11.9. The number of hydrogen-bond donors (Lipinski definition) is 1. The zero-order chi connectivity index (χ0) is 17.2. The van der Waals surface area contributed by atoms with E-state index in [9.17, 15) is 9.90 Å². The predicted molar refractivity (Wildman–Crippen MR) is 95.1 cm³/mol. The van der Waals surface area contributed by atoms with Crippen LogP contribution >= 0.6 is 0 Å². The molecule has 0 heterocycles. The molecule has 2 fully saturated rings. The van der Waals surface area contributed by atoms with Gasteiger partial charge >= 0.3 is 0 Å². The minimum atomic E-state index is -0.540. The second-order valence-electron chi connectivity index (χ2n) is 8.64. The topological polar surface area (TPSA) is 37.3 Å². The monoisotopic (exact) mass is 324 g/mol. The van der Waals surface area contributed by atoms with Crippen LogP contribution in [0.2, 0.25) is 0 Å². The third kappa shape index (κ3) is 1.80. The molecule has 0 saturated heterocycles. The third-order valence-electron chi connectivity index (χ3n) is 8.06. The van der Waals surface area contributed by atoms with Gasteiger partial charge in [-0.3, -0.25) is 4.79 Å². The van der Waals surface area contributed by atoms with E-state index in [0.29, 0.717) is 18.3 Å². The van der Waals surface area contributed by atoms with Crippen molar-refractivity contribution in [2.24, 2.45) is 22.7 Å². The first-order chi connectivity index (χ1) is 11.4. The van der Waals surface area contributed by atoms with Crippen molar-refractivity contribution in [1.82, 2.24) is 0 Å². The van der Waals surface area contributed by atoms with Crippen molar-refractivity contribution in [2.75, 3.05) is 0 Å². The van der Waals surface area contributed by atoms with E-state index in [1.807, 2.05) is 6.08 Å². The Hall–Kier alpha value is -1.33. The van der Waals surface area contributed by atoms with Gasteiger partial charge in [0.05, 0.1) is 11.0 Å². The molecule has 2 nitrogen and oxygen atoms in total. The van der Waals surface area contributed by atoms with Gasteiger partial charge in [0.1, 0.15) is 0 Å². The van der Waals surface area contributed by atoms with Gasteiger partial charge < -0.3 is 5.11 Å². The Morgan fingerprint density at radius 1 is 1.33 bits per heavy atom. The van der Waals surface area contributed by atoms with Crippen molar-refractivity contribution in [3.05, 3.63) is 23.3 Å². The van der Waals surface area contributed by atoms with Crippen LogP contribution in [0, 0.1) is 35.0 Å². The molecule has 0 bridgehead atoms. The van der Waals surface area contributed by atoms with Gasteiger partial charge in [0, 0.05) is 11.8 Å². The van der Waals surface area contributed by atoms with E-state index in [2.05, 4.69) is 25.8 Å². The second kappa shape index (κ2) is 5.09. The number of terminal acetylenes is 1. The van der Waals surface area contributed by atoms with Crippen LogP contribution in [-0.4, -0.2) is 16.5 Å². The van der Waals surface area contributed by atoms with Gasteiger partial charge in [0.15, 0.2) is 5.78 Å². The molecule has 0 unspecified atom stereocenters. The van der Waals surface area contributed by atoms with Crippen LogP contribution in [0.4, 0.5) is 0 Å². The molecule has 0 aromatic rings. The van der Waals surface area contributed by atoms with Gasteiger partial charge in [0.25, 0.3) is 0 Å². The molecule has 4 aliphatic rings. The van der Waals surface area contributed by atoms with Crippen molar-refractivity contribution in [3.63, 3.8) is 0 Å². The molecule has 0 aromatic heterocycles. The molecule has 2 saturated carbocycles. The summed E-state index contributed by atoms with van der Waals surface area (Å²) in [6.45, 7) is 4.41. The Morgan fingerprint density at radius 3 is 2.83 bits per heavy atom. The summed E-state index contributed by atoms with van der Waals surface area (Å²) in [5.41, 5.74) is 1.69. The zero-order valence-electron chi connectivity index (χ0n) is 14.9. The molecular formula is C22H28O2. The van der Waals surface area contributed by atoms with E-state index in [0.717, 1.165) is 44.9 Å². The molecule has 4 rings (SSSR count). The highest BCUT2D eigenvalue weighted by molar-refractivity contribution is 5.92. The molecule has 1 N–H and O–H groups in total. The fraction of sp³-hybridized carbons (Fsp3) is 0.682. The predicted octanol–water partition coefficient (Wildman–Crippen LogP) is 4.19. The molecule has 0 aromatic carbocycles. The van der Waals surface area contributed by atoms with Crippen molar-refractivity contribution >= 4 is 5.78 Å². The minimum Gasteiger partial charge on any atom is -0.389 e. The van der Waals surface area contributed by atoms with Gasteiger partial charge in [-0.05, 0) is 74.0 Å². The molecule has 128 valence electrons. The molecule has 2 heteroatoms. The van der Waals surface area contributed by atoms with E-state index in [1.54, 1.807) is 0 Å². The summed E-state index contributed by atoms with van der Waals surface area (Å²) in [7, 11) is 0. The summed E-state index contributed by atoms with van der Waals surface area (Å²) in [5, 5.41) is 11.2. The molecular weight excluding hydrogens is 296 g/mol. The van der Waals surface area contributed by atoms with Crippen LogP contribution in [0.25, 0.3) is 0 Å². The maximum absolute atomic E-state index is 11.9. The second-order valence-corrected chi connectivity index (χ2v) is 8.64. The summed E-state index contributed by atoms with van der Waals surface area (Å²) < 4.78 is 0. The highest BCUT2D eigenvalue weighted by Crippen LogP contribution is 2.65. The highest BCUT2D eigenvalue weighted by atomic mass is 16.3. The van der Waals surface area contributed by atoms with Crippen LogP contribution in [-0.2, 0) is 4.79 Å².